The van der Waals surface area contributed by atoms with Crippen molar-refractivity contribution in [3.05, 3.63) is 36.2 Å². The highest BCUT2D eigenvalue weighted by Gasteiger charge is 2.45. The first-order chi connectivity index (χ1) is 17.6. The minimum Gasteiger partial charge on any atom is -0.375 e. The Morgan fingerprint density at radius 3 is 2.60 bits per heavy atom. The smallest absolute Gasteiger partial charge is 0.375 e. The Hall–Kier alpha value is -2.26. The molecule has 4 fully saturated rings. The Kier molecular flexibility index (Phi) is 5.37. The summed E-state index contributed by atoms with van der Waals surface area (Å²) in [5.41, 5.74) is -1.000. The second-order valence-corrected chi connectivity index (χ2v) is 10.6. The first-order valence-corrected chi connectivity index (χ1v) is 12.6. The van der Waals surface area contributed by atoms with Crippen molar-refractivity contribution in [2.24, 2.45) is 17.8 Å². The van der Waals surface area contributed by atoms with E-state index in [9.17, 15) is 13.2 Å². The lowest BCUT2D eigenvalue weighted by Crippen LogP contribution is -2.47. The zero-order valence-corrected chi connectivity index (χ0v) is 19.6. The fourth-order valence-electron chi connectivity index (χ4n) is 6.44. The number of rotatable bonds is 5. The van der Waals surface area contributed by atoms with Gasteiger partial charge in [-0.25, -0.2) is 0 Å². The molecule has 2 aliphatic heterocycles. The predicted molar refractivity (Wildman–Crippen MR) is 126 cm³/mol. The van der Waals surface area contributed by atoms with Crippen molar-refractivity contribution in [1.82, 2.24) is 20.1 Å². The van der Waals surface area contributed by atoms with Crippen LogP contribution >= 0.6 is 0 Å². The highest BCUT2D eigenvalue weighted by molar-refractivity contribution is 5.62. The number of fused-ring (bicyclic) bond motifs is 1. The van der Waals surface area contributed by atoms with Crippen LogP contribution in [0.15, 0.2) is 30.5 Å². The molecule has 2 aromatic rings. The minimum absolute atomic E-state index is 0.0146. The van der Waals surface area contributed by atoms with Gasteiger partial charge >= 0.3 is 6.18 Å². The molecule has 0 bridgehead atoms. The number of hydrogen-bond acceptors (Lipinski definition) is 6. The van der Waals surface area contributed by atoms with E-state index in [1.54, 1.807) is 6.07 Å². The second kappa shape index (κ2) is 9.00. The van der Waals surface area contributed by atoms with Gasteiger partial charge in [-0.15, -0.1) is 10.2 Å². The van der Waals surface area contributed by atoms with E-state index in [-0.39, 0.29) is 28.8 Å². The van der Waals surface area contributed by atoms with Crippen molar-refractivity contribution in [1.29, 1.82) is 0 Å². The number of anilines is 1. The molecule has 2 aromatic heterocycles. The van der Waals surface area contributed by atoms with Crippen molar-refractivity contribution < 1.29 is 20.6 Å². The lowest BCUT2D eigenvalue weighted by Gasteiger charge is -2.47. The van der Waals surface area contributed by atoms with E-state index >= 15 is 0 Å². The molecule has 6 nitrogen and oxygen atoms in total. The van der Waals surface area contributed by atoms with Crippen LogP contribution in [0.2, 0.25) is 0 Å². The summed E-state index contributed by atoms with van der Waals surface area (Å²) >= 11 is 0. The summed E-state index contributed by atoms with van der Waals surface area (Å²) in [6, 6.07) is 6.19. The molecule has 2 saturated carbocycles. The van der Waals surface area contributed by atoms with Gasteiger partial charge in [0, 0.05) is 46.7 Å². The first-order valence-electron chi connectivity index (χ1n) is 13.6. The zero-order chi connectivity index (χ0) is 25.8. The summed E-state index contributed by atoms with van der Waals surface area (Å²) < 4.78 is 63.9. The molecule has 3 unspecified atom stereocenters. The van der Waals surface area contributed by atoms with E-state index in [1.807, 2.05) is 0 Å². The van der Waals surface area contributed by atoms with Crippen molar-refractivity contribution >= 4 is 5.82 Å². The average Bonchev–Trinajstić information content (AvgIpc) is 3.42. The largest absolute Gasteiger partial charge is 0.434 e. The number of aromatic nitrogens is 3. The maximum atomic E-state index is 13.3. The second-order valence-electron chi connectivity index (χ2n) is 10.6. The van der Waals surface area contributed by atoms with E-state index in [0.717, 1.165) is 57.8 Å². The van der Waals surface area contributed by atoms with Crippen molar-refractivity contribution in [3.8, 4) is 11.3 Å². The van der Waals surface area contributed by atoms with Crippen LogP contribution in [0.1, 0.15) is 53.4 Å². The Morgan fingerprint density at radius 2 is 1.94 bits per heavy atom. The number of nitrogens with one attached hydrogen (secondary N) is 1. The standard InChI is InChI=1S/C26H32F3N5O/c27-26(28,29)24-21(3-1-9-30-24)22-4-5-23(33-32-22)31-20-11-18-15-34(16-19(18)12-20)14-17-6-10-35-25(13-17)7-2-8-25/h1,3-5,9,17-20H,2,6-8,10-16H2,(H,31,33)/i14D2. The Morgan fingerprint density at radius 1 is 1.14 bits per heavy atom. The Balaban J connectivity index is 1.06. The van der Waals surface area contributed by atoms with Gasteiger partial charge in [-0.2, -0.15) is 13.2 Å². The minimum atomic E-state index is -4.57. The van der Waals surface area contributed by atoms with Gasteiger partial charge in [0.05, 0.1) is 11.3 Å². The predicted octanol–water partition coefficient (Wildman–Crippen LogP) is 5.03. The fraction of sp³-hybridized carbons (Fsp3) is 0.654. The summed E-state index contributed by atoms with van der Waals surface area (Å²) in [5, 5.41) is 11.6. The van der Waals surface area contributed by atoms with Gasteiger partial charge in [0.15, 0.2) is 5.69 Å². The maximum absolute atomic E-state index is 13.3. The molecule has 1 N–H and O–H groups in total. The third-order valence-electron chi connectivity index (χ3n) is 8.24. The van der Waals surface area contributed by atoms with Gasteiger partial charge < -0.3 is 15.0 Å². The summed E-state index contributed by atoms with van der Waals surface area (Å²) in [4.78, 5) is 5.56. The molecule has 3 atom stereocenters. The molecule has 6 rings (SSSR count). The molecular formula is C26H32F3N5O. The van der Waals surface area contributed by atoms with Gasteiger partial charge in [0.1, 0.15) is 5.82 Å². The molecule has 2 aliphatic carbocycles. The molecule has 0 radical (unpaired) electrons. The van der Waals surface area contributed by atoms with Crippen LogP contribution in [0.3, 0.4) is 0 Å². The SMILES string of the molecule is [2H]C([2H])(C1CCOC2(CCC2)C1)N1CC2CC(Nc3ccc(-c4cccnc4C(F)(F)F)nn3)CC2C1. The number of nitrogens with zero attached hydrogens (tertiary/aromatic N) is 4. The third-order valence-corrected chi connectivity index (χ3v) is 8.24. The average molecular weight is 490 g/mol. The fourth-order valence-corrected chi connectivity index (χ4v) is 6.44. The van der Waals surface area contributed by atoms with Crippen LogP contribution in [0.25, 0.3) is 11.3 Å². The molecule has 0 amide bonds. The number of likely N-dealkylation sites (tertiary alicyclic amines) is 1. The zero-order valence-electron chi connectivity index (χ0n) is 21.6. The third kappa shape index (κ3) is 4.77. The van der Waals surface area contributed by atoms with Crippen LogP contribution in [-0.4, -0.2) is 57.9 Å². The number of ether oxygens (including phenoxy) is 1. The maximum Gasteiger partial charge on any atom is 0.434 e. The Bertz CT molecular complexity index is 1110. The number of alkyl halides is 3. The summed E-state index contributed by atoms with van der Waals surface area (Å²) in [6.07, 6.45) is 3.30. The molecule has 9 heteroatoms. The molecule has 0 aromatic carbocycles. The van der Waals surface area contributed by atoms with Gasteiger partial charge in [-0.1, -0.05) is 0 Å². The van der Waals surface area contributed by atoms with Crippen LogP contribution in [0, 0.1) is 17.8 Å². The normalized spacial score (nSPS) is 31.5. The van der Waals surface area contributed by atoms with Crippen molar-refractivity contribution in [2.45, 2.75) is 62.8 Å². The van der Waals surface area contributed by atoms with Crippen LogP contribution in [0.5, 0.6) is 0 Å². The van der Waals surface area contributed by atoms with Crippen LogP contribution < -0.4 is 5.32 Å². The van der Waals surface area contributed by atoms with Gasteiger partial charge in [-0.3, -0.25) is 4.98 Å². The van der Waals surface area contributed by atoms with E-state index in [2.05, 4.69) is 25.4 Å². The Labute approximate surface area is 206 Å². The highest BCUT2D eigenvalue weighted by atomic mass is 19.4. The molecule has 1 spiro atoms. The van der Waals surface area contributed by atoms with Crippen LogP contribution in [-0.2, 0) is 10.9 Å². The molecule has 4 aliphatic rings. The van der Waals surface area contributed by atoms with E-state index in [0.29, 0.717) is 24.3 Å². The number of pyridine rings is 1. The van der Waals surface area contributed by atoms with Crippen molar-refractivity contribution in [3.63, 3.8) is 0 Å². The van der Waals surface area contributed by atoms with Crippen molar-refractivity contribution in [2.75, 3.05) is 31.5 Å². The van der Waals surface area contributed by atoms with Gasteiger partial charge in [-0.05, 0) is 87.0 Å². The van der Waals surface area contributed by atoms with Crippen LogP contribution in [0.4, 0.5) is 19.0 Å². The lowest BCUT2D eigenvalue weighted by atomic mass is 9.72. The molecule has 2 saturated heterocycles. The van der Waals surface area contributed by atoms with Gasteiger partial charge in [0.25, 0.3) is 0 Å². The summed E-state index contributed by atoms with van der Waals surface area (Å²) in [6.45, 7) is 0.857. The quantitative estimate of drug-likeness (QED) is 0.636. The summed E-state index contributed by atoms with van der Waals surface area (Å²) in [5.74, 6) is 1.39. The number of halogens is 3. The molecule has 188 valence electrons. The topological polar surface area (TPSA) is 63.2 Å². The molecular weight excluding hydrogens is 455 g/mol. The highest BCUT2D eigenvalue weighted by Crippen LogP contribution is 2.45. The van der Waals surface area contributed by atoms with Gasteiger partial charge in [0.2, 0.25) is 0 Å². The molecule has 35 heavy (non-hydrogen) atoms. The molecule has 4 heterocycles. The lowest BCUT2D eigenvalue weighted by molar-refractivity contribution is -0.145. The summed E-state index contributed by atoms with van der Waals surface area (Å²) in [7, 11) is 0. The monoisotopic (exact) mass is 489 g/mol. The van der Waals surface area contributed by atoms with E-state index in [4.69, 9.17) is 7.48 Å². The first kappa shape index (κ1) is 20.9. The van der Waals surface area contributed by atoms with E-state index in [1.165, 1.54) is 24.6 Å². The number of hydrogen-bond donors (Lipinski definition) is 1. The van der Waals surface area contributed by atoms with E-state index < -0.39 is 18.4 Å².